The molecule has 0 aliphatic carbocycles. The fraction of sp³-hybridized carbons (Fsp3) is 0.409. The van der Waals surface area contributed by atoms with Crippen molar-refractivity contribution in [3.63, 3.8) is 0 Å². The third-order valence-electron chi connectivity index (χ3n) is 5.35. The molecule has 0 saturated carbocycles. The molecule has 0 fully saturated rings. The average molecular weight is 523 g/mol. The first-order chi connectivity index (χ1) is 16.9. The Labute approximate surface area is 211 Å². The number of aliphatic carboxylic acids is 1. The van der Waals surface area contributed by atoms with Crippen LogP contribution in [0.3, 0.4) is 0 Å². The minimum Gasteiger partial charge on any atom is -0.480 e. The molecule has 0 bridgehead atoms. The zero-order chi connectivity index (χ0) is 27.0. The first-order valence-electron chi connectivity index (χ1n) is 11.0. The third kappa shape index (κ3) is 7.69. The largest absolute Gasteiger partial charge is 0.480 e. The number of nitrogens with one attached hydrogen (secondary N) is 4. The van der Waals surface area contributed by atoms with Crippen LogP contribution in [0, 0.1) is 0 Å². The lowest BCUT2D eigenvalue weighted by molar-refractivity contribution is -0.145. The van der Waals surface area contributed by atoms with E-state index in [2.05, 4.69) is 33.6 Å². The van der Waals surface area contributed by atoms with Gasteiger partial charge in [-0.1, -0.05) is 18.2 Å². The Kier molecular flexibility index (Phi) is 10.3. The van der Waals surface area contributed by atoms with Crippen LogP contribution in [0.1, 0.15) is 18.9 Å². The van der Waals surface area contributed by atoms with Crippen LogP contribution >= 0.6 is 12.6 Å². The number of carbonyl (C=O) groups is 5. The topological polar surface area (TPSA) is 230 Å². The van der Waals surface area contributed by atoms with Crippen molar-refractivity contribution in [2.24, 2.45) is 11.5 Å². The maximum Gasteiger partial charge on any atom is 0.328 e. The number of aliphatic hydroxyl groups excluding tert-OH is 1. The molecule has 5 atom stereocenters. The van der Waals surface area contributed by atoms with Crippen molar-refractivity contribution >= 4 is 53.1 Å². The SMILES string of the molecule is CC(O)C(NC(=O)C(Cc1c[nH]c2ccccc12)NC(=O)C(CC(N)=O)NC(=O)C(N)CS)C(=O)O. The van der Waals surface area contributed by atoms with Gasteiger partial charge >= 0.3 is 5.97 Å². The Morgan fingerprint density at radius 1 is 1.03 bits per heavy atom. The summed E-state index contributed by atoms with van der Waals surface area (Å²) in [4.78, 5) is 64.3. The average Bonchev–Trinajstić information content (AvgIpc) is 3.22. The molecule has 1 heterocycles. The van der Waals surface area contributed by atoms with Crippen LogP contribution in [0.5, 0.6) is 0 Å². The van der Waals surface area contributed by atoms with Gasteiger partial charge in [-0.15, -0.1) is 0 Å². The van der Waals surface area contributed by atoms with Crippen LogP contribution in [-0.2, 0) is 30.4 Å². The van der Waals surface area contributed by atoms with Gasteiger partial charge in [0.2, 0.25) is 23.6 Å². The molecule has 10 N–H and O–H groups in total. The highest BCUT2D eigenvalue weighted by molar-refractivity contribution is 7.80. The summed E-state index contributed by atoms with van der Waals surface area (Å²) in [7, 11) is 0. The van der Waals surface area contributed by atoms with Crippen LogP contribution in [-0.4, -0.2) is 80.8 Å². The number of aromatic nitrogens is 1. The Morgan fingerprint density at radius 2 is 1.64 bits per heavy atom. The van der Waals surface area contributed by atoms with Crippen molar-refractivity contribution in [3.8, 4) is 0 Å². The van der Waals surface area contributed by atoms with E-state index in [1.54, 1.807) is 24.4 Å². The lowest BCUT2D eigenvalue weighted by atomic mass is 10.0. The first-order valence-corrected chi connectivity index (χ1v) is 11.6. The number of primary amides is 1. The van der Waals surface area contributed by atoms with E-state index in [1.807, 2.05) is 6.07 Å². The van der Waals surface area contributed by atoms with Crippen molar-refractivity contribution < 1.29 is 34.2 Å². The van der Waals surface area contributed by atoms with Gasteiger partial charge in [0.05, 0.1) is 18.6 Å². The highest BCUT2D eigenvalue weighted by Crippen LogP contribution is 2.19. The fourth-order valence-electron chi connectivity index (χ4n) is 3.42. The molecule has 0 saturated heterocycles. The van der Waals surface area contributed by atoms with Crippen LogP contribution in [0.2, 0.25) is 0 Å². The normalized spacial score (nSPS) is 15.2. The number of rotatable bonds is 13. The highest BCUT2D eigenvalue weighted by Gasteiger charge is 2.32. The lowest BCUT2D eigenvalue weighted by Gasteiger charge is -2.25. The van der Waals surface area contributed by atoms with Crippen molar-refractivity contribution in [2.75, 3.05) is 5.75 Å². The van der Waals surface area contributed by atoms with E-state index < -0.39 is 66.3 Å². The standard InChI is InChI=1S/C22H30N6O7S/c1-10(29)18(22(34)35)28-21(33)15(6-11-8-25-14-5-3-2-4-12(11)14)27-20(32)16(7-17(24)30)26-19(31)13(23)9-36/h2-5,8,10,13,15-16,18,25,29,36H,6-7,9,23H2,1H3,(H2,24,30)(H,26,31)(H,27,32)(H,28,33)(H,34,35). The van der Waals surface area contributed by atoms with E-state index >= 15 is 0 Å². The zero-order valence-corrected chi connectivity index (χ0v) is 20.3. The van der Waals surface area contributed by atoms with Gasteiger partial charge in [-0.3, -0.25) is 19.2 Å². The van der Waals surface area contributed by atoms with E-state index in [9.17, 15) is 34.2 Å². The Morgan fingerprint density at radius 3 is 2.22 bits per heavy atom. The molecule has 2 aromatic rings. The lowest BCUT2D eigenvalue weighted by Crippen LogP contribution is -2.59. The monoisotopic (exact) mass is 522 g/mol. The van der Waals surface area contributed by atoms with Crippen LogP contribution in [0.15, 0.2) is 30.5 Å². The minimum absolute atomic E-state index is 0.0295. The second-order valence-corrected chi connectivity index (χ2v) is 8.58. The smallest absolute Gasteiger partial charge is 0.328 e. The number of thiol groups is 1. The van der Waals surface area contributed by atoms with Gasteiger partial charge < -0.3 is 42.6 Å². The summed E-state index contributed by atoms with van der Waals surface area (Å²) in [6.45, 7) is 1.19. The fourth-order valence-corrected chi connectivity index (χ4v) is 3.58. The van der Waals surface area contributed by atoms with E-state index in [4.69, 9.17) is 11.5 Å². The molecule has 0 radical (unpaired) electrons. The van der Waals surface area contributed by atoms with Gasteiger partial charge in [0, 0.05) is 29.3 Å². The molecule has 196 valence electrons. The number of hydrogen-bond acceptors (Lipinski definition) is 8. The van der Waals surface area contributed by atoms with Gasteiger partial charge in [-0.25, -0.2) is 4.79 Å². The van der Waals surface area contributed by atoms with E-state index in [0.717, 1.165) is 10.9 Å². The van der Waals surface area contributed by atoms with Gasteiger partial charge in [-0.2, -0.15) is 12.6 Å². The maximum absolute atomic E-state index is 13.1. The molecule has 5 unspecified atom stereocenters. The highest BCUT2D eigenvalue weighted by atomic mass is 32.1. The molecule has 0 aliphatic rings. The molecule has 36 heavy (non-hydrogen) atoms. The number of carbonyl (C=O) groups excluding carboxylic acids is 4. The molecule has 4 amide bonds. The number of aliphatic hydroxyl groups is 1. The summed E-state index contributed by atoms with van der Waals surface area (Å²) in [5.41, 5.74) is 12.2. The molecular formula is C22H30N6O7S. The van der Waals surface area contributed by atoms with E-state index in [0.29, 0.717) is 5.56 Å². The second kappa shape index (κ2) is 12.9. The van der Waals surface area contributed by atoms with Crippen LogP contribution in [0.25, 0.3) is 10.9 Å². The molecule has 14 heteroatoms. The number of nitrogens with two attached hydrogens (primary N) is 2. The number of H-pyrrole nitrogens is 1. The third-order valence-corrected chi connectivity index (χ3v) is 5.74. The summed E-state index contributed by atoms with van der Waals surface area (Å²) in [5.74, 6) is -4.99. The minimum atomic E-state index is -1.64. The second-order valence-electron chi connectivity index (χ2n) is 8.21. The van der Waals surface area contributed by atoms with Crippen LogP contribution < -0.4 is 27.4 Å². The molecule has 1 aromatic heterocycles. The molecule has 1 aromatic carbocycles. The number of benzene rings is 1. The van der Waals surface area contributed by atoms with Gasteiger partial charge in [-0.05, 0) is 18.6 Å². The summed E-state index contributed by atoms with van der Waals surface area (Å²) in [6, 6.07) is 1.69. The number of para-hydroxylation sites is 1. The Bertz CT molecular complexity index is 1120. The van der Waals surface area contributed by atoms with E-state index in [-0.39, 0.29) is 12.2 Å². The molecule has 0 spiro atoms. The van der Waals surface area contributed by atoms with Crippen molar-refractivity contribution in [3.05, 3.63) is 36.0 Å². The number of aromatic amines is 1. The summed E-state index contributed by atoms with van der Waals surface area (Å²) in [6.07, 6.45) is -0.458. The predicted molar refractivity (Wildman–Crippen MR) is 133 cm³/mol. The quantitative estimate of drug-likeness (QED) is 0.130. The number of carboxylic acid groups (broad SMARTS) is 1. The molecule has 2 rings (SSSR count). The van der Waals surface area contributed by atoms with Gasteiger partial charge in [0.1, 0.15) is 12.1 Å². The Hall–Kier alpha value is -3.62. The van der Waals surface area contributed by atoms with Crippen molar-refractivity contribution in [1.29, 1.82) is 0 Å². The summed E-state index contributed by atoms with van der Waals surface area (Å²) in [5, 5.41) is 26.8. The van der Waals surface area contributed by atoms with E-state index in [1.165, 1.54) is 6.92 Å². The summed E-state index contributed by atoms with van der Waals surface area (Å²) >= 11 is 3.92. The predicted octanol–water partition coefficient (Wildman–Crippen LogP) is -2.24. The molecule has 0 aliphatic heterocycles. The number of amides is 4. The Balaban J connectivity index is 2.34. The maximum atomic E-state index is 13.1. The number of hydrogen-bond donors (Lipinski definition) is 9. The van der Waals surface area contributed by atoms with Crippen molar-refractivity contribution in [2.45, 2.75) is 50.0 Å². The summed E-state index contributed by atoms with van der Waals surface area (Å²) < 4.78 is 0. The number of fused-ring (bicyclic) bond motifs is 1. The van der Waals surface area contributed by atoms with Gasteiger partial charge in [0.25, 0.3) is 0 Å². The number of carboxylic acids is 1. The van der Waals surface area contributed by atoms with Gasteiger partial charge in [0.15, 0.2) is 6.04 Å². The zero-order valence-electron chi connectivity index (χ0n) is 19.4. The van der Waals surface area contributed by atoms with Crippen LogP contribution in [0.4, 0.5) is 0 Å². The molecule has 13 nitrogen and oxygen atoms in total. The van der Waals surface area contributed by atoms with Crippen molar-refractivity contribution in [1.82, 2.24) is 20.9 Å². The molecular weight excluding hydrogens is 492 g/mol. The first kappa shape index (κ1) is 28.6.